The molecule has 1 atom stereocenters. The second-order valence-corrected chi connectivity index (χ2v) is 9.33. The van der Waals surface area contributed by atoms with Gasteiger partial charge in [0.05, 0.1) is 17.5 Å². The molecule has 0 bridgehead atoms. The zero-order valence-electron chi connectivity index (χ0n) is 17.4. The number of nitrogens with one attached hydrogen (secondary N) is 1. The highest BCUT2D eigenvalue weighted by molar-refractivity contribution is 7.92. The van der Waals surface area contributed by atoms with Crippen molar-refractivity contribution in [1.82, 2.24) is 0 Å². The Hall–Kier alpha value is -2.55. The molecule has 30 heavy (non-hydrogen) atoms. The minimum Gasteiger partial charge on any atom is -0.324 e. The molecule has 5 nitrogen and oxygen atoms in total. The fourth-order valence-electron chi connectivity index (χ4n) is 3.20. The van der Waals surface area contributed by atoms with Gasteiger partial charge in [-0.1, -0.05) is 38.1 Å². The molecular formula is C21H25F3N2O3S. The molecule has 0 radical (unpaired) electrons. The van der Waals surface area contributed by atoms with Crippen LogP contribution in [0.15, 0.2) is 42.5 Å². The van der Waals surface area contributed by atoms with E-state index in [1.807, 2.05) is 39.0 Å². The predicted octanol–water partition coefficient (Wildman–Crippen LogP) is 4.93. The zero-order chi connectivity index (χ0) is 22.9. The third kappa shape index (κ3) is 5.33. The number of amides is 1. The number of aryl methyl sites for hydroxylation is 1. The minimum absolute atomic E-state index is 0.102. The Labute approximate surface area is 175 Å². The van der Waals surface area contributed by atoms with Crippen molar-refractivity contribution in [3.63, 3.8) is 0 Å². The van der Waals surface area contributed by atoms with Crippen molar-refractivity contribution < 1.29 is 26.4 Å². The molecule has 0 aliphatic rings. The van der Waals surface area contributed by atoms with E-state index in [0.29, 0.717) is 9.99 Å². The Morgan fingerprint density at radius 3 is 2.20 bits per heavy atom. The predicted molar refractivity (Wildman–Crippen MR) is 112 cm³/mol. The number of halogens is 3. The van der Waals surface area contributed by atoms with E-state index in [0.717, 1.165) is 35.6 Å². The van der Waals surface area contributed by atoms with Crippen LogP contribution >= 0.6 is 0 Å². The Morgan fingerprint density at radius 1 is 1.07 bits per heavy atom. The molecule has 0 fully saturated rings. The molecule has 1 N–H and O–H groups in total. The smallest absolute Gasteiger partial charge is 0.324 e. The summed E-state index contributed by atoms with van der Waals surface area (Å²) in [7, 11) is -4.05. The molecule has 2 aromatic rings. The number of anilines is 2. The number of carbonyl (C=O) groups excluding carboxylic acids is 1. The largest absolute Gasteiger partial charge is 0.416 e. The fraction of sp³-hybridized carbons (Fsp3) is 0.381. The van der Waals surface area contributed by atoms with Gasteiger partial charge in [-0.15, -0.1) is 0 Å². The number of rotatable bonds is 6. The van der Waals surface area contributed by atoms with Crippen LogP contribution < -0.4 is 9.62 Å². The Kier molecular flexibility index (Phi) is 6.86. The van der Waals surface area contributed by atoms with Crippen LogP contribution in [0.4, 0.5) is 24.5 Å². The highest BCUT2D eigenvalue weighted by Gasteiger charge is 2.34. The quantitative estimate of drug-likeness (QED) is 0.690. The molecule has 0 saturated heterocycles. The standard InChI is InChI=1S/C21H25F3N2O3S/c1-13(2)18-11-6-8-14(3)19(18)25-20(27)15(4)26(30(5,28)29)17-10-7-9-16(12-17)21(22,23)24/h6-13,15H,1-5H3,(H,25,27)/t15-/m0/s1. The summed E-state index contributed by atoms with van der Waals surface area (Å²) in [5.41, 5.74) is 1.01. The second kappa shape index (κ2) is 8.67. The Morgan fingerprint density at radius 2 is 1.67 bits per heavy atom. The van der Waals surface area contributed by atoms with Crippen molar-refractivity contribution >= 4 is 27.3 Å². The average molecular weight is 443 g/mol. The number of hydrogen-bond donors (Lipinski definition) is 1. The molecule has 2 aromatic carbocycles. The summed E-state index contributed by atoms with van der Waals surface area (Å²) in [6, 6.07) is 8.16. The summed E-state index contributed by atoms with van der Waals surface area (Å²) >= 11 is 0. The van der Waals surface area contributed by atoms with Crippen molar-refractivity contribution in [3.05, 3.63) is 59.2 Å². The summed E-state index contributed by atoms with van der Waals surface area (Å²) in [4.78, 5) is 12.9. The first-order valence-electron chi connectivity index (χ1n) is 9.30. The molecule has 0 saturated carbocycles. The van der Waals surface area contributed by atoms with Crippen LogP contribution in [0.3, 0.4) is 0 Å². The van der Waals surface area contributed by atoms with Gasteiger partial charge in [0.1, 0.15) is 6.04 Å². The van der Waals surface area contributed by atoms with Crippen molar-refractivity contribution in [1.29, 1.82) is 0 Å². The van der Waals surface area contributed by atoms with Gasteiger partial charge in [0.2, 0.25) is 15.9 Å². The van der Waals surface area contributed by atoms with E-state index < -0.39 is 33.7 Å². The summed E-state index contributed by atoms with van der Waals surface area (Å²) in [5, 5.41) is 2.76. The van der Waals surface area contributed by atoms with Gasteiger partial charge in [-0.2, -0.15) is 13.2 Å². The summed E-state index contributed by atoms with van der Waals surface area (Å²) in [6.45, 7) is 7.07. The summed E-state index contributed by atoms with van der Waals surface area (Å²) < 4.78 is 64.8. The monoisotopic (exact) mass is 442 g/mol. The maximum absolute atomic E-state index is 13.1. The third-order valence-electron chi connectivity index (χ3n) is 4.69. The molecule has 0 spiro atoms. The number of hydrogen-bond acceptors (Lipinski definition) is 3. The first-order chi connectivity index (χ1) is 13.7. The number of alkyl halides is 3. The van der Waals surface area contributed by atoms with Crippen LogP contribution in [0.2, 0.25) is 0 Å². The van der Waals surface area contributed by atoms with Gasteiger partial charge in [-0.05, 0) is 49.1 Å². The van der Waals surface area contributed by atoms with Crippen molar-refractivity contribution in [2.45, 2.75) is 45.8 Å². The van der Waals surface area contributed by atoms with Crippen LogP contribution in [0.5, 0.6) is 0 Å². The van der Waals surface area contributed by atoms with Crippen LogP contribution in [-0.2, 0) is 21.0 Å². The van der Waals surface area contributed by atoms with Gasteiger partial charge < -0.3 is 5.32 Å². The van der Waals surface area contributed by atoms with Gasteiger partial charge in [-0.3, -0.25) is 9.10 Å². The molecule has 0 heterocycles. The van der Waals surface area contributed by atoms with Crippen LogP contribution in [0, 0.1) is 6.92 Å². The number of carbonyl (C=O) groups is 1. The molecule has 2 rings (SSSR count). The summed E-state index contributed by atoms with van der Waals surface area (Å²) in [6.07, 6.45) is -3.79. The number of nitrogens with zero attached hydrogens (tertiary/aromatic N) is 1. The van der Waals surface area contributed by atoms with Crippen molar-refractivity contribution in [3.8, 4) is 0 Å². The highest BCUT2D eigenvalue weighted by atomic mass is 32.2. The molecule has 0 aromatic heterocycles. The molecule has 0 unspecified atom stereocenters. The van der Waals surface area contributed by atoms with E-state index in [1.165, 1.54) is 13.0 Å². The molecule has 0 aliphatic heterocycles. The Balaban J connectivity index is 2.45. The van der Waals surface area contributed by atoms with Crippen molar-refractivity contribution in [2.24, 2.45) is 0 Å². The lowest BCUT2D eigenvalue weighted by Crippen LogP contribution is -2.45. The van der Waals surface area contributed by atoms with Gasteiger partial charge in [-0.25, -0.2) is 8.42 Å². The lowest BCUT2D eigenvalue weighted by molar-refractivity contribution is -0.137. The maximum Gasteiger partial charge on any atom is 0.416 e. The summed E-state index contributed by atoms with van der Waals surface area (Å²) in [5.74, 6) is -0.543. The van der Waals surface area contributed by atoms with E-state index >= 15 is 0 Å². The van der Waals surface area contributed by atoms with E-state index in [4.69, 9.17) is 0 Å². The van der Waals surface area contributed by atoms with E-state index in [-0.39, 0.29) is 11.6 Å². The molecule has 1 amide bonds. The SMILES string of the molecule is Cc1cccc(C(C)C)c1NC(=O)[C@H](C)N(c1cccc(C(F)(F)F)c1)S(C)(=O)=O. The van der Waals surface area contributed by atoms with Gasteiger partial charge >= 0.3 is 6.18 Å². The van der Waals surface area contributed by atoms with Gasteiger partial charge in [0.25, 0.3) is 0 Å². The van der Waals surface area contributed by atoms with E-state index in [1.54, 1.807) is 0 Å². The zero-order valence-corrected chi connectivity index (χ0v) is 18.2. The van der Waals surface area contributed by atoms with E-state index in [9.17, 15) is 26.4 Å². The Bertz CT molecular complexity index is 1030. The van der Waals surface area contributed by atoms with Gasteiger partial charge in [0, 0.05) is 5.69 Å². The molecular weight excluding hydrogens is 417 g/mol. The molecule has 164 valence electrons. The maximum atomic E-state index is 13.1. The third-order valence-corrected chi connectivity index (χ3v) is 5.93. The molecule has 0 aliphatic carbocycles. The van der Waals surface area contributed by atoms with Crippen LogP contribution in [0.1, 0.15) is 43.4 Å². The lowest BCUT2D eigenvalue weighted by Gasteiger charge is -2.29. The molecule has 9 heteroatoms. The lowest BCUT2D eigenvalue weighted by atomic mass is 9.98. The number of para-hydroxylation sites is 1. The minimum atomic E-state index is -4.64. The second-order valence-electron chi connectivity index (χ2n) is 7.47. The fourth-order valence-corrected chi connectivity index (χ4v) is 4.36. The number of sulfonamides is 1. The van der Waals surface area contributed by atoms with Crippen LogP contribution in [-0.4, -0.2) is 26.6 Å². The highest BCUT2D eigenvalue weighted by Crippen LogP contribution is 2.33. The van der Waals surface area contributed by atoms with Gasteiger partial charge in [0.15, 0.2) is 0 Å². The first kappa shape index (κ1) is 23.7. The average Bonchev–Trinajstić information content (AvgIpc) is 2.61. The first-order valence-corrected chi connectivity index (χ1v) is 11.2. The van der Waals surface area contributed by atoms with Crippen molar-refractivity contribution in [2.75, 3.05) is 15.9 Å². The topological polar surface area (TPSA) is 66.5 Å². The van der Waals surface area contributed by atoms with Crippen LogP contribution in [0.25, 0.3) is 0 Å². The number of benzene rings is 2. The van der Waals surface area contributed by atoms with E-state index in [2.05, 4.69) is 5.32 Å². The normalized spacial score (nSPS) is 13.2.